The molecule has 0 radical (unpaired) electrons. The van der Waals surface area contributed by atoms with Crippen LogP contribution in [-0.2, 0) is 10.2 Å². The predicted octanol–water partition coefficient (Wildman–Crippen LogP) is 3.03. The van der Waals surface area contributed by atoms with Crippen LogP contribution in [0, 0.1) is 15.9 Å². The maximum atomic E-state index is 14.0. The van der Waals surface area contributed by atoms with Crippen molar-refractivity contribution in [3.05, 3.63) is 33.6 Å². The van der Waals surface area contributed by atoms with Crippen LogP contribution in [0.2, 0.25) is 0 Å². The number of nitro groups is 1. The number of non-ortho nitro benzene ring substituents is 1. The molecular formula is C14H16FNO5. The van der Waals surface area contributed by atoms with Gasteiger partial charge in [0.05, 0.1) is 23.5 Å². The Kier molecular flexibility index (Phi) is 4.11. The van der Waals surface area contributed by atoms with E-state index in [0.717, 1.165) is 18.6 Å². The number of aliphatic carboxylic acids is 1. The topological polar surface area (TPSA) is 89.7 Å². The van der Waals surface area contributed by atoms with Crippen molar-refractivity contribution in [2.24, 2.45) is 0 Å². The van der Waals surface area contributed by atoms with Gasteiger partial charge < -0.3 is 9.84 Å². The Morgan fingerprint density at radius 1 is 1.38 bits per heavy atom. The molecule has 0 unspecified atom stereocenters. The van der Waals surface area contributed by atoms with Crippen LogP contribution < -0.4 is 4.74 Å². The molecular weight excluding hydrogens is 281 g/mol. The van der Waals surface area contributed by atoms with Crippen molar-refractivity contribution in [2.45, 2.75) is 37.5 Å². The summed E-state index contributed by atoms with van der Waals surface area (Å²) in [5.74, 6) is -2.22. The number of carboxylic acid groups (broad SMARTS) is 1. The molecule has 6 nitrogen and oxygen atoms in total. The van der Waals surface area contributed by atoms with Gasteiger partial charge in [0.15, 0.2) is 11.6 Å². The zero-order chi connectivity index (χ0) is 15.6. The Bertz CT molecular complexity index is 581. The number of nitrogens with zero attached hydrogens (tertiary/aromatic N) is 1. The van der Waals surface area contributed by atoms with Crippen molar-refractivity contribution in [3.8, 4) is 5.75 Å². The lowest BCUT2D eigenvalue weighted by Crippen LogP contribution is -2.38. The fourth-order valence-electron chi connectivity index (χ4n) is 3.00. The molecule has 1 aliphatic rings. The summed E-state index contributed by atoms with van der Waals surface area (Å²) < 4.78 is 19.0. The van der Waals surface area contributed by atoms with Crippen molar-refractivity contribution in [1.82, 2.24) is 0 Å². The number of methoxy groups -OCH3 is 1. The van der Waals surface area contributed by atoms with Gasteiger partial charge in [0, 0.05) is 11.6 Å². The summed E-state index contributed by atoms with van der Waals surface area (Å²) in [6, 6.07) is 1.88. The minimum Gasteiger partial charge on any atom is -0.493 e. The standard InChI is InChI=1S/C14H16FNO5/c1-21-12-10(7-9(16(19)20)8-11(12)15)14(13(17)18)5-3-2-4-6-14/h7-8H,2-6H2,1H3,(H,17,18). The van der Waals surface area contributed by atoms with E-state index >= 15 is 0 Å². The third-order valence-electron chi connectivity index (χ3n) is 4.08. The highest BCUT2D eigenvalue weighted by atomic mass is 19.1. The van der Waals surface area contributed by atoms with E-state index in [1.807, 2.05) is 0 Å². The van der Waals surface area contributed by atoms with Gasteiger partial charge in [-0.3, -0.25) is 14.9 Å². The molecule has 0 aromatic heterocycles. The first kappa shape index (κ1) is 15.2. The van der Waals surface area contributed by atoms with Gasteiger partial charge in [-0.25, -0.2) is 4.39 Å². The summed E-state index contributed by atoms with van der Waals surface area (Å²) in [7, 11) is 1.23. The molecule has 2 rings (SSSR count). The number of rotatable bonds is 4. The van der Waals surface area contributed by atoms with Crippen molar-refractivity contribution < 1.29 is 24.0 Å². The Balaban J connectivity index is 2.68. The van der Waals surface area contributed by atoms with Crippen LogP contribution in [-0.4, -0.2) is 23.1 Å². The highest BCUT2D eigenvalue weighted by Gasteiger charge is 2.45. The van der Waals surface area contributed by atoms with E-state index in [0.29, 0.717) is 25.7 Å². The quantitative estimate of drug-likeness (QED) is 0.681. The van der Waals surface area contributed by atoms with Gasteiger partial charge in [-0.2, -0.15) is 0 Å². The van der Waals surface area contributed by atoms with Crippen molar-refractivity contribution in [2.75, 3.05) is 7.11 Å². The minimum absolute atomic E-state index is 0.0592. The molecule has 0 aliphatic heterocycles. The van der Waals surface area contributed by atoms with Crippen molar-refractivity contribution >= 4 is 11.7 Å². The monoisotopic (exact) mass is 297 g/mol. The van der Waals surface area contributed by atoms with Crippen LogP contribution >= 0.6 is 0 Å². The second kappa shape index (κ2) is 5.67. The molecule has 114 valence electrons. The molecule has 0 atom stereocenters. The molecule has 0 bridgehead atoms. The van der Waals surface area contributed by atoms with Crippen LogP contribution in [0.25, 0.3) is 0 Å². The lowest BCUT2D eigenvalue weighted by atomic mass is 9.69. The first-order valence-corrected chi connectivity index (χ1v) is 6.68. The van der Waals surface area contributed by atoms with E-state index in [9.17, 15) is 24.4 Å². The molecule has 1 aromatic carbocycles. The van der Waals surface area contributed by atoms with E-state index < -0.39 is 27.8 Å². The fraction of sp³-hybridized carbons (Fsp3) is 0.500. The summed E-state index contributed by atoms with van der Waals surface area (Å²) in [6.45, 7) is 0. The SMILES string of the molecule is COc1c(F)cc([N+](=O)[O-])cc1C1(C(=O)O)CCCCC1. The number of carbonyl (C=O) groups is 1. The van der Waals surface area contributed by atoms with E-state index in [1.165, 1.54) is 7.11 Å². The Morgan fingerprint density at radius 3 is 2.48 bits per heavy atom. The zero-order valence-corrected chi connectivity index (χ0v) is 11.6. The van der Waals surface area contributed by atoms with E-state index in [4.69, 9.17) is 4.74 Å². The maximum Gasteiger partial charge on any atom is 0.314 e. The molecule has 1 N–H and O–H groups in total. The minimum atomic E-state index is -1.32. The van der Waals surface area contributed by atoms with Crippen molar-refractivity contribution in [1.29, 1.82) is 0 Å². The molecule has 1 aromatic rings. The lowest BCUT2D eigenvalue weighted by molar-refractivity contribution is -0.385. The number of hydrogen-bond donors (Lipinski definition) is 1. The largest absolute Gasteiger partial charge is 0.493 e. The molecule has 1 aliphatic carbocycles. The summed E-state index contributed by atoms with van der Waals surface area (Å²) in [4.78, 5) is 22.0. The predicted molar refractivity (Wildman–Crippen MR) is 72.0 cm³/mol. The first-order valence-electron chi connectivity index (χ1n) is 6.68. The second-order valence-electron chi connectivity index (χ2n) is 5.21. The second-order valence-corrected chi connectivity index (χ2v) is 5.21. The van der Waals surface area contributed by atoms with Gasteiger partial charge in [0.25, 0.3) is 5.69 Å². The van der Waals surface area contributed by atoms with E-state index in [1.54, 1.807) is 0 Å². The molecule has 0 amide bonds. The summed E-state index contributed by atoms with van der Waals surface area (Å²) in [5, 5.41) is 20.5. The number of carboxylic acids is 1. The molecule has 0 spiro atoms. The van der Waals surface area contributed by atoms with Gasteiger partial charge >= 0.3 is 5.97 Å². The summed E-state index contributed by atoms with van der Waals surface area (Å²) in [5.41, 5.74) is -1.73. The van der Waals surface area contributed by atoms with Crippen LogP contribution in [0.3, 0.4) is 0 Å². The molecule has 1 saturated carbocycles. The highest BCUT2D eigenvalue weighted by Crippen LogP contribution is 2.45. The third-order valence-corrected chi connectivity index (χ3v) is 4.08. The van der Waals surface area contributed by atoms with Crippen LogP contribution in [0.4, 0.5) is 10.1 Å². The molecule has 21 heavy (non-hydrogen) atoms. The van der Waals surface area contributed by atoms with E-state index in [2.05, 4.69) is 0 Å². The normalized spacial score (nSPS) is 17.2. The number of benzene rings is 1. The van der Waals surface area contributed by atoms with Gasteiger partial charge in [0.1, 0.15) is 0 Å². The number of ether oxygens (including phenoxy) is 1. The maximum absolute atomic E-state index is 14.0. The van der Waals surface area contributed by atoms with Gasteiger partial charge in [-0.15, -0.1) is 0 Å². The Hall–Kier alpha value is -2.18. The molecule has 1 fully saturated rings. The molecule has 0 heterocycles. The highest BCUT2D eigenvalue weighted by molar-refractivity contribution is 5.83. The summed E-state index contributed by atoms with van der Waals surface area (Å²) >= 11 is 0. The Labute approximate surface area is 120 Å². The molecule has 0 saturated heterocycles. The average Bonchev–Trinajstić information content (AvgIpc) is 2.46. The van der Waals surface area contributed by atoms with Gasteiger partial charge in [0.2, 0.25) is 0 Å². The third kappa shape index (κ3) is 2.55. The molecule has 7 heteroatoms. The number of hydrogen-bond acceptors (Lipinski definition) is 4. The fourth-order valence-corrected chi connectivity index (χ4v) is 3.00. The van der Waals surface area contributed by atoms with Gasteiger partial charge in [-0.1, -0.05) is 19.3 Å². The first-order chi connectivity index (χ1) is 9.92. The van der Waals surface area contributed by atoms with Crippen LogP contribution in [0.1, 0.15) is 37.7 Å². The lowest BCUT2D eigenvalue weighted by Gasteiger charge is -2.34. The van der Waals surface area contributed by atoms with Gasteiger partial charge in [-0.05, 0) is 12.8 Å². The smallest absolute Gasteiger partial charge is 0.314 e. The number of halogens is 1. The number of nitro benzene ring substituents is 1. The average molecular weight is 297 g/mol. The Morgan fingerprint density at radius 2 is 2.00 bits per heavy atom. The van der Waals surface area contributed by atoms with Crippen LogP contribution in [0.5, 0.6) is 5.75 Å². The van der Waals surface area contributed by atoms with Crippen LogP contribution in [0.15, 0.2) is 12.1 Å². The van der Waals surface area contributed by atoms with Crippen molar-refractivity contribution in [3.63, 3.8) is 0 Å². The zero-order valence-electron chi connectivity index (χ0n) is 11.6. The van der Waals surface area contributed by atoms with E-state index in [-0.39, 0.29) is 11.3 Å². The summed E-state index contributed by atoms with van der Waals surface area (Å²) in [6.07, 6.45) is 2.90.